The van der Waals surface area contributed by atoms with E-state index >= 15 is 0 Å². The molecule has 3 nitrogen and oxygen atoms in total. The molecule has 1 aliphatic heterocycles. The molecule has 1 N–H and O–H groups in total. The third-order valence-electron chi connectivity index (χ3n) is 2.87. The summed E-state index contributed by atoms with van der Waals surface area (Å²) in [4.78, 5) is 6.23. The van der Waals surface area contributed by atoms with Crippen LogP contribution in [0.1, 0.15) is 12.8 Å². The summed E-state index contributed by atoms with van der Waals surface area (Å²) < 4.78 is 13.5. The SMILES string of the molecule is CN1CCC(Nc2ncc(Cl)cc2F)CC1. The summed E-state index contributed by atoms with van der Waals surface area (Å²) in [5.41, 5.74) is 0. The summed E-state index contributed by atoms with van der Waals surface area (Å²) in [7, 11) is 2.09. The van der Waals surface area contributed by atoms with Crippen LogP contribution in [-0.4, -0.2) is 36.1 Å². The van der Waals surface area contributed by atoms with Crippen LogP contribution in [-0.2, 0) is 0 Å². The minimum absolute atomic E-state index is 0.305. The van der Waals surface area contributed by atoms with Gasteiger partial charge in [-0.1, -0.05) is 11.6 Å². The van der Waals surface area contributed by atoms with Gasteiger partial charge < -0.3 is 10.2 Å². The van der Waals surface area contributed by atoms with E-state index < -0.39 is 0 Å². The second kappa shape index (κ2) is 4.97. The van der Waals surface area contributed by atoms with Crippen LogP contribution in [0, 0.1) is 5.82 Å². The predicted molar refractivity (Wildman–Crippen MR) is 63.3 cm³/mol. The lowest BCUT2D eigenvalue weighted by Crippen LogP contribution is -2.37. The van der Waals surface area contributed by atoms with Gasteiger partial charge in [-0.25, -0.2) is 9.37 Å². The summed E-state index contributed by atoms with van der Waals surface area (Å²) in [5.74, 6) is -0.0784. The third kappa shape index (κ3) is 2.83. The van der Waals surface area contributed by atoms with E-state index in [0.29, 0.717) is 16.9 Å². The van der Waals surface area contributed by atoms with Gasteiger partial charge in [0.05, 0.1) is 5.02 Å². The molecule has 0 spiro atoms. The molecule has 2 rings (SSSR count). The summed E-state index contributed by atoms with van der Waals surface area (Å²) in [6.45, 7) is 2.07. The van der Waals surface area contributed by atoms with E-state index in [0.717, 1.165) is 25.9 Å². The van der Waals surface area contributed by atoms with Crippen molar-refractivity contribution in [2.24, 2.45) is 0 Å². The number of halogens is 2. The Kier molecular flexibility index (Phi) is 3.61. The maximum absolute atomic E-state index is 13.5. The molecule has 0 radical (unpaired) electrons. The van der Waals surface area contributed by atoms with Crippen molar-refractivity contribution in [2.45, 2.75) is 18.9 Å². The minimum Gasteiger partial charge on any atom is -0.365 e. The van der Waals surface area contributed by atoms with Gasteiger partial charge in [0.25, 0.3) is 0 Å². The molecule has 88 valence electrons. The monoisotopic (exact) mass is 243 g/mol. The highest BCUT2D eigenvalue weighted by atomic mass is 35.5. The molecule has 0 saturated carbocycles. The quantitative estimate of drug-likeness (QED) is 0.865. The van der Waals surface area contributed by atoms with E-state index in [2.05, 4.69) is 22.2 Å². The first-order chi connectivity index (χ1) is 7.65. The van der Waals surface area contributed by atoms with E-state index in [1.165, 1.54) is 12.3 Å². The first-order valence-corrected chi connectivity index (χ1v) is 5.79. The Morgan fingerprint density at radius 1 is 1.50 bits per heavy atom. The molecule has 0 aliphatic carbocycles. The van der Waals surface area contributed by atoms with Crippen LogP contribution in [0.3, 0.4) is 0 Å². The fraction of sp³-hybridized carbons (Fsp3) is 0.545. The average Bonchev–Trinajstić information content (AvgIpc) is 2.25. The predicted octanol–water partition coefficient (Wildman–Crippen LogP) is 2.38. The molecule has 1 saturated heterocycles. The van der Waals surface area contributed by atoms with Crippen LogP contribution in [0.15, 0.2) is 12.3 Å². The first kappa shape index (κ1) is 11.6. The van der Waals surface area contributed by atoms with Crippen LogP contribution in [0.2, 0.25) is 5.02 Å². The maximum atomic E-state index is 13.5. The van der Waals surface area contributed by atoms with Crippen LogP contribution in [0.5, 0.6) is 0 Å². The zero-order valence-corrected chi connectivity index (χ0v) is 9.97. The number of hydrogen-bond donors (Lipinski definition) is 1. The van der Waals surface area contributed by atoms with Gasteiger partial charge in [-0.3, -0.25) is 0 Å². The average molecular weight is 244 g/mol. The highest BCUT2D eigenvalue weighted by Crippen LogP contribution is 2.19. The van der Waals surface area contributed by atoms with E-state index in [1.807, 2.05) is 0 Å². The number of rotatable bonds is 2. The summed E-state index contributed by atoms with van der Waals surface area (Å²) in [5, 5.41) is 3.45. The molecule has 1 aromatic heterocycles. The standard InChI is InChI=1S/C11H15ClFN3/c1-16-4-2-9(3-5-16)15-11-10(13)6-8(12)7-14-11/h6-7,9H,2-5H2,1H3,(H,14,15). The third-order valence-corrected chi connectivity index (χ3v) is 3.07. The highest BCUT2D eigenvalue weighted by Gasteiger charge is 2.17. The van der Waals surface area contributed by atoms with Gasteiger partial charge >= 0.3 is 0 Å². The largest absolute Gasteiger partial charge is 0.365 e. The van der Waals surface area contributed by atoms with Crippen LogP contribution >= 0.6 is 11.6 Å². The summed E-state index contributed by atoms with van der Waals surface area (Å²) in [6.07, 6.45) is 3.49. The smallest absolute Gasteiger partial charge is 0.166 e. The Hall–Kier alpha value is -0.870. The van der Waals surface area contributed by atoms with Crippen LogP contribution in [0.25, 0.3) is 0 Å². The van der Waals surface area contributed by atoms with Gasteiger partial charge in [0, 0.05) is 12.2 Å². The lowest BCUT2D eigenvalue weighted by Gasteiger charge is -2.29. The van der Waals surface area contributed by atoms with Crippen LogP contribution < -0.4 is 5.32 Å². The molecule has 1 fully saturated rings. The molecule has 0 bridgehead atoms. The van der Waals surface area contributed by atoms with E-state index in [9.17, 15) is 4.39 Å². The maximum Gasteiger partial charge on any atom is 0.166 e. The van der Waals surface area contributed by atoms with Crippen LogP contribution in [0.4, 0.5) is 10.2 Å². The van der Waals surface area contributed by atoms with Crippen molar-refractivity contribution in [2.75, 3.05) is 25.5 Å². The van der Waals surface area contributed by atoms with Gasteiger partial charge in [0.2, 0.25) is 0 Å². The number of aromatic nitrogens is 1. The highest BCUT2D eigenvalue weighted by molar-refractivity contribution is 6.30. The Balaban J connectivity index is 1.98. The van der Waals surface area contributed by atoms with Gasteiger partial charge in [-0.15, -0.1) is 0 Å². The number of nitrogens with zero attached hydrogens (tertiary/aromatic N) is 2. The van der Waals surface area contributed by atoms with E-state index in [-0.39, 0.29) is 5.82 Å². The molecule has 5 heteroatoms. The van der Waals surface area contributed by atoms with Gasteiger partial charge in [0.1, 0.15) is 0 Å². The molecule has 2 heterocycles. The zero-order valence-electron chi connectivity index (χ0n) is 9.21. The molecule has 0 atom stereocenters. The number of anilines is 1. The fourth-order valence-corrected chi connectivity index (χ4v) is 2.01. The Labute approximate surface area is 99.6 Å². The van der Waals surface area contributed by atoms with Crippen molar-refractivity contribution in [3.05, 3.63) is 23.1 Å². The minimum atomic E-state index is -0.383. The Morgan fingerprint density at radius 3 is 2.81 bits per heavy atom. The zero-order chi connectivity index (χ0) is 11.5. The lowest BCUT2D eigenvalue weighted by molar-refractivity contribution is 0.263. The van der Waals surface area contributed by atoms with E-state index in [4.69, 9.17) is 11.6 Å². The normalized spacial score (nSPS) is 18.7. The lowest BCUT2D eigenvalue weighted by atomic mass is 10.1. The Morgan fingerprint density at radius 2 is 2.19 bits per heavy atom. The molecular weight excluding hydrogens is 229 g/mol. The molecule has 0 unspecified atom stereocenters. The van der Waals surface area contributed by atoms with Crippen molar-refractivity contribution in [1.82, 2.24) is 9.88 Å². The summed E-state index contributed by atoms with van der Waals surface area (Å²) in [6, 6.07) is 1.59. The second-order valence-electron chi connectivity index (χ2n) is 4.21. The number of likely N-dealkylation sites (tertiary alicyclic amines) is 1. The van der Waals surface area contributed by atoms with Crippen molar-refractivity contribution < 1.29 is 4.39 Å². The van der Waals surface area contributed by atoms with Crippen molar-refractivity contribution >= 4 is 17.4 Å². The number of piperidine rings is 1. The second-order valence-corrected chi connectivity index (χ2v) is 4.64. The van der Waals surface area contributed by atoms with Crippen molar-refractivity contribution in [3.63, 3.8) is 0 Å². The topological polar surface area (TPSA) is 28.2 Å². The first-order valence-electron chi connectivity index (χ1n) is 5.41. The fourth-order valence-electron chi connectivity index (χ4n) is 1.87. The Bertz CT molecular complexity index is 364. The number of nitrogens with one attached hydrogen (secondary N) is 1. The molecule has 1 aliphatic rings. The van der Waals surface area contributed by atoms with Gasteiger partial charge in [0.15, 0.2) is 11.6 Å². The molecule has 1 aromatic rings. The van der Waals surface area contributed by atoms with Gasteiger partial charge in [-0.2, -0.15) is 0 Å². The van der Waals surface area contributed by atoms with Gasteiger partial charge in [-0.05, 0) is 39.0 Å². The molecular formula is C11H15ClFN3. The summed E-state index contributed by atoms with van der Waals surface area (Å²) >= 11 is 5.64. The van der Waals surface area contributed by atoms with Crippen molar-refractivity contribution in [3.8, 4) is 0 Å². The number of pyridine rings is 1. The van der Waals surface area contributed by atoms with E-state index in [1.54, 1.807) is 0 Å². The molecule has 0 aromatic carbocycles. The molecule has 16 heavy (non-hydrogen) atoms. The number of hydrogen-bond acceptors (Lipinski definition) is 3. The molecule has 0 amide bonds. The van der Waals surface area contributed by atoms with Crippen molar-refractivity contribution in [1.29, 1.82) is 0 Å².